The first-order valence-corrected chi connectivity index (χ1v) is 7.92. The van der Waals surface area contributed by atoms with Crippen LogP contribution in [0.4, 0.5) is 5.69 Å². The van der Waals surface area contributed by atoms with E-state index in [-0.39, 0.29) is 11.8 Å². The molecule has 0 bridgehead atoms. The van der Waals surface area contributed by atoms with Gasteiger partial charge in [0.25, 0.3) is 0 Å². The second-order valence-electron chi connectivity index (χ2n) is 6.63. The van der Waals surface area contributed by atoms with Crippen molar-refractivity contribution in [1.82, 2.24) is 0 Å². The summed E-state index contributed by atoms with van der Waals surface area (Å²) in [5, 5.41) is 8.90. The van der Waals surface area contributed by atoms with Crippen LogP contribution in [0.15, 0.2) is 24.3 Å². The largest absolute Gasteiger partial charge is 0.481 e. The highest BCUT2D eigenvalue weighted by Gasteiger charge is 2.14. The van der Waals surface area contributed by atoms with Crippen molar-refractivity contribution in [3.63, 3.8) is 0 Å². The predicted molar refractivity (Wildman–Crippen MR) is 89.1 cm³/mol. The van der Waals surface area contributed by atoms with Gasteiger partial charge in [-0.1, -0.05) is 52.7 Å². The van der Waals surface area contributed by atoms with E-state index in [1.807, 2.05) is 0 Å². The number of carbonyl (C=O) groups is 1. The van der Waals surface area contributed by atoms with Crippen molar-refractivity contribution >= 4 is 11.7 Å². The van der Waals surface area contributed by atoms with E-state index in [0.717, 1.165) is 18.7 Å². The normalized spacial score (nSPS) is 11.4. The molecule has 0 aliphatic heterocycles. The van der Waals surface area contributed by atoms with Crippen molar-refractivity contribution in [2.24, 2.45) is 0 Å². The third-order valence-electron chi connectivity index (χ3n) is 3.73. The van der Waals surface area contributed by atoms with Crippen molar-refractivity contribution in [3.05, 3.63) is 29.8 Å². The molecular weight excluding hydrogens is 262 g/mol. The summed E-state index contributed by atoms with van der Waals surface area (Å²) in [5.41, 5.74) is 2.57. The number of unbranched alkanes of at least 4 members (excludes halogenated alkanes) is 2. The summed E-state index contributed by atoms with van der Waals surface area (Å²) < 4.78 is 0. The molecule has 0 spiro atoms. The van der Waals surface area contributed by atoms with E-state index in [4.69, 9.17) is 5.11 Å². The Balaban J connectivity index is 2.78. The molecule has 0 amide bonds. The molecule has 21 heavy (non-hydrogen) atoms. The molecule has 118 valence electrons. The number of hydrogen-bond acceptors (Lipinski definition) is 2. The lowest BCUT2D eigenvalue weighted by molar-refractivity contribution is -0.136. The summed E-state index contributed by atoms with van der Waals surface area (Å²) in [7, 11) is 0. The molecule has 0 saturated carbocycles. The van der Waals surface area contributed by atoms with E-state index in [2.05, 4.69) is 56.9 Å². The van der Waals surface area contributed by atoms with Crippen LogP contribution in [0.5, 0.6) is 0 Å². The minimum Gasteiger partial charge on any atom is -0.481 e. The highest BCUT2D eigenvalue weighted by Crippen LogP contribution is 2.25. The van der Waals surface area contributed by atoms with E-state index >= 15 is 0 Å². The highest BCUT2D eigenvalue weighted by molar-refractivity contribution is 5.67. The predicted octanol–water partition coefficient (Wildman–Crippen LogP) is 4.46. The molecule has 0 unspecified atom stereocenters. The topological polar surface area (TPSA) is 40.5 Å². The molecule has 0 radical (unpaired) electrons. The van der Waals surface area contributed by atoms with Gasteiger partial charge in [-0.25, -0.2) is 0 Å². The lowest BCUT2D eigenvalue weighted by Gasteiger charge is -2.26. The van der Waals surface area contributed by atoms with E-state index in [1.54, 1.807) is 0 Å². The van der Waals surface area contributed by atoms with E-state index in [9.17, 15) is 4.79 Å². The Morgan fingerprint density at radius 2 is 1.71 bits per heavy atom. The number of carboxylic acid groups (broad SMARTS) is 1. The third kappa shape index (κ3) is 6.19. The molecule has 3 heteroatoms. The molecule has 0 aliphatic rings. The van der Waals surface area contributed by atoms with Crippen molar-refractivity contribution in [2.75, 3.05) is 18.0 Å². The Labute approximate surface area is 129 Å². The number of carboxylic acids is 1. The highest BCUT2D eigenvalue weighted by atomic mass is 16.4. The molecule has 3 nitrogen and oxygen atoms in total. The van der Waals surface area contributed by atoms with Crippen LogP contribution in [0.25, 0.3) is 0 Å². The summed E-state index contributed by atoms with van der Waals surface area (Å²) in [5.74, 6) is -0.734. The number of anilines is 1. The van der Waals surface area contributed by atoms with Crippen LogP contribution in [0.2, 0.25) is 0 Å². The van der Waals surface area contributed by atoms with Gasteiger partial charge in [-0.05, 0) is 29.5 Å². The van der Waals surface area contributed by atoms with Gasteiger partial charge in [0, 0.05) is 18.8 Å². The Kier molecular flexibility index (Phi) is 6.73. The lowest BCUT2D eigenvalue weighted by Crippen LogP contribution is -2.27. The Hall–Kier alpha value is -1.51. The summed E-state index contributed by atoms with van der Waals surface area (Å²) in [6.45, 7) is 10.3. The SMILES string of the molecule is CCCCCN(CCC(=O)O)c1ccc(C(C)(C)C)cc1. The first kappa shape index (κ1) is 17.5. The number of aliphatic carboxylic acids is 1. The molecule has 1 aromatic rings. The lowest BCUT2D eigenvalue weighted by atomic mass is 9.87. The molecule has 0 atom stereocenters. The number of hydrogen-bond donors (Lipinski definition) is 1. The zero-order valence-electron chi connectivity index (χ0n) is 13.9. The van der Waals surface area contributed by atoms with Crippen LogP contribution >= 0.6 is 0 Å². The van der Waals surface area contributed by atoms with Gasteiger partial charge in [-0.2, -0.15) is 0 Å². The summed E-state index contributed by atoms with van der Waals surface area (Å²) in [4.78, 5) is 13.0. The maximum Gasteiger partial charge on any atom is 0.305 e. The molecule has 1 rings (SSSR count). The van der Waals surface area contributed by atoms with Crippen molar-refractivity contribution in [1.29, 1.82) is 0 Å². The van der Waals surface area contributed by atoms with Crippen LogP contribution in [-0.4, -0.2) is 24.2 Å². The molecule has 0 heterocycles. The van der Waals surface area contributed by atoms with Crippen molar-refractivity contribution in [2.45, 2.75) is 58.8 Å². The van der Waals surface area contributed by atoms with E-state index in [1.165, 1.54) is 18.4 Å². The summed E-state index contributed by atoms with van der Waals surface area (Å²) in [6, 6.07) is 8.55. The first-order valence-electron chi connectivity index (χ1n) is 7.92. The number of benzene rings is 1. The second kappa shape index (κ2) is 8.06. The van der Waals surface area contributed by atoms with Crippen LogP contribution in [0, 0.1) is 0 Å². The van der Waals surface area contributed by atoms with Gasteiger partial charge in [-0.3, -0.25) is 4.79 Å². The monoisotopic (exact) mass is 291 g/mol. The maximum atomic E-state index is 10.8. The molecule has 0 saturated heterocycles. The molecule has 0 aliphatic carbocycles. The fraction of sp³-hybridized carbons (Fsp3) is 0.611. The second-order valence-corrected chi connectivity index (χ2v) is 6.63. The molecule has 1 aromatic carbocycles. The smallest absolute Gasteiger partial charge is 0.305 e. The molecule has 1 N–H and O–H groups in total. The van der Waals surface area contributed by atoms with Gasteiger partial charge in [-0.15, -0.1) is 0 Å². The minimum absolute atomic E-state index is 0.145. The van der Waals surface area contributed by atoms with Crippen molar-refractivity contribution in [3.8, 4) is 0 Å². The zero-order chi connectivity index (χ0) is 15.9. The molecule has 0 aromatic heterocycles. The number of rotatable bonds is 8. The third-order valence-corrected chi connectivity index (χ3v) is 3.73. The van der Waals surface area contributed by atoms with Crippen LogP contribution in [-0.2, 0) is 10.2 Å². The van der Waals surface area contributed by atoms with Gasteiger partial charge < -0.3 is 10.0 Å². The number of nitrogens with zero attached hydrogens (tertiary/aromatic N) is 1. The maximum absolute atomic E-state index is 10.8. The zero-order valence-corrected chi connectivity index (χ0v) is 13.9. The standard InChI is InChI=1S/C18H29NO2/c1-5-6-7-13-19(14-12-17(20)21)16-10-8-15(9-11-16)18(2,3)4/h8-11H,5-7,12-14H2,1-4H3,(H,20,21). The molecular formula is C18H29NO2. The van der Waals surface area contributed by atoms with Gasteiger partial charge in [0.2, 0.25) is 0 Å². The summed E-state index contributed by atoms with van der Waals surface area (Å²) >= 11 is 0. The minimum atomic E-state index is -0.734. The van der Waals surface area contributed by atoms with Crippen LogP contribution in [0.3, 0.4) is 0 Å². The molecule has 0 fully saturated rings. The van der Waals surface area contributed by atoms with Gasteiger partial charge in [0.15, 0.2) is 0 Å². The fourth-order valence-electron chi connectivity index (χ4n) is 2.33. The van der Waals surface area contributed by atoms with E-state index in [0.29, 0.717) is 6.54 Å². The van der Waals surface area contributed by atoms with Crippen molar-refractivity contribution < 1.29 is 9.90 Å². The van der Waals surface area contributed by atoms with Crippen LogP contribution in [0.1, 0.15) is 58.9 Å². The summed E-state index contributed by atoms with van der Waals surface area (Å²) in [6.07, 6.45) is 3.66. The average molecular weight is 291 g/mol. The Morgan fingerprint density at radius 1 is 1.10 bits per heavy atom. The Bertz CT molecular complexity index is 432. The quantitative estimate of drug-likeness (QED) is 0.719. The van der Waals surface area contributed by atoms with Gasteiger partial charge in [0.05, 0.1) is 6.42 Å². The first-order chi connectivity index (χ1) is 9.84. The van der Waals surface area contributed by atoms with Gasteiger partial charge in [0.1, 0.15) is 0 Å². The van der Waals surface area contributed by atoms with Crippen LogP contribution < -0.4 is 4.90 Å². The van der Waals surface area contributed by atoms with E-state index < -0.39 is 5.97 Å². The fourth-order valence-corrected chi connectivity index (χ4v) is 2.33. The van der Waals surface area contributed by atoms with Gasteiger partial charge >= 0.3 is 5.97 Å². The average Bonchev–Trinajstić information content (AvgIpc) is 2.41. The Morgan fingerprint density at radius 3 is 2.19 bits per heavy atom.